The third-order valence-corrected chi connectivity index (χ3v) is 1.16. The molecule has 3 N–H and O–H groups in total. The Kier molecular flexibility index (Phi) is 4.07. The fraction of sp³-hybridized carbons (Fsp3) is 0.143. The number of carboxylic acid groups (broad SMARTS) is 1. The Labute approximate surface area is 75.8 Å². The number of hydrogen-bond donors (Lipinski definition) is 2. The van der Waals surface area contributed by atoms with Crippen LogP contribution >= 0.6 is 12.4 Å². The number of pyridine rings is 1. The number of carboxylic acids is 1. The van der Waals surface area contributed by atoms with Crippen molar-refractivity contribution in [2.75, 3.05) is 5.73 Å². The largest absolute Gasteiger partial charge is 0.481 e. The van der Waals surface area contributed by atoms with Crippen molar-refractivity contribution in [3.63, 3.8) is 0 Å². The number of nitrogen functional groups attached to an aromatic ring is 1. The average molecular weight is 189 g/mol. The molecule has 0 fully saturated rings. The molecule has 0 spiro atoms. The van der Waals surface area contributed by atoms with Gasteiger partial charge in [0, 0.05) is 0 Å². The van der Waals surface area contributed by atoms with Crippen LogP contribution < -0.4 is 5.73 Å². The van der Waals surface area contributed by atoms with Crippen molar-refractivity contribution >= 4 is 24.2 Å². The Morgan fingerprint density at radius 3 is 2.75 bits per heavy atom. The standard InChI is InChI=1S/C7H8N2O2.ClH/c8-6-3-1-2-5(9-6)4-7(10)11;/h1-3H,4H2,(H2,8,9)(H,10,11);1H. The van der Waals surface area contributed by atoms with Gasteiger partial charge < -0.3 is 10.8 Å². The van der Waals surface area contributed by atoms with Crippen LogP contribution in [0.2, 0.25) is 0 Å². The van der Waals surface area contributed by atoms with Crippen LogP contribution in [0.25, 0.3) is 0 Å². The summed E-state index contributed by atoms with van der Waals surface area (Å²) in [6, 6.07) is 4.93. The van der Waals surface area contributed by atoms with Crippen molar-refractivity contribution in [1.29, 1.82) is 0 Å². The maximum Gasteiger partial charge on any atom is 0.309 e. The molecule has 12 heavy (non-hydrogen) atoms. The van der Waals surface area contributed by atoms with Crippen LogP contribution in [-0.4, -0.2) is 16.1 Å². The van der Waals surface area contributed by atoms with Crippen LogP contribution in [0.1, 0.15) is 5.69 Å². The molecule has 5 heteroatoms. The molecule has 0 aliphatic rings. The van der Waals surface area contributed by atoms with E-state index in [-0.39, 0.29) is 18.8 Å². The molecule has 0 bridgehead atoms. The highest BCUT2D eigenvalue weighted by molar-refractivity contribution is 5.85. The van der Waals surface area contributed by atoms with Gasteiger partial charge in [-0.2, -0.15) is 0 Å². The van der Waals surface area contributed by atoms with Gasteiger partial charge in [-0.3, -0.25) is 4.79 Å². The van der Waals surface area contributed by atoms with E-state index in [9.17, 15) is 4.79 Å². The molecule has 1 aromatic heterocycles. The maximum atomic E-state index is 10.2. The second-order valence-corrected chi connectivity index (χ2v) is 2.12. The minimum absolute atomic E-state index is 0. The first-order valence-corrected chi connectivity index (χ1v) is 3.11. The van der Waals surface area contributed by atoms with Crippen LogP contribution in [0, 0.1) is 0 Å². The van der Waals surface area contributed by atoms with E-state index in [0.29, 0.717) is 11.5 Å². The van der Waals surface area contributed by atoms with Crippen LogP contribution in [0.15, 0.2) is 18.2 Å². The summed E-state index contributed by atoms with van der Waals surface area (Å²) in [5, 5.41) is 8.38. The van der Waals surface area contributed by atoms with E-state index < -0.39 is 5.97 Å². The van der Waals surface area contributed by atoms with Gasteiger partial charge in [0.05, 0.1) is 12.1 Å². The Balaban J connectivity index is 0.00000121. The zero-order chi connectivity index (χ0) is 8.27. The van der Waals surface area contributed by atoms with E-state index in [2.05, 4.69) is 4.98 Å². The molecular weight excluding hydrogens is 180 g/mol. The fourth-order valence-electron chi connectivity index (χ4n) is 0.752. The Morgan fingerprint density at radius 2 is 2.25 bits per heavy atom. The van der Waals surface area contributed by atoms with Crippen LogP contribution in [0.3, 0.4) is 0 Å². The number of nitrogens with zero attached hydrogens (tertiary/aromatic N) is 1. The Bertz CT molecular complexity index is 278. The summed E-state index contributed by atoms with van der Waals surface area (Å²) in [7, 11) is 0. The van der Waals surface area contributed by atoms with E-state index in [0.717, 1.165) is 0 Å². The summed E-state index contributed by atoms with van der Waals surface area (Å²) in [5.74, 6) is -0.549. The Morgan fingerprint density at radius 1 is 1.58 bits per heavy atom. The molecule has 1 heterocycles. The zero-order valence-corrected chi connectivity index (χ0v) is 7.04. The summed E-state index contributed by atoms with van der Waals surface area (Å²) in [6.07, 6.45) is -0.0783. The minimum atomic E-state index is -0.900. The second kappa shape index (κ2) is 4.56. The molecule has 1 aromatic rings. The van der Waals surface area contributed by atoms with E-state index >= 15 is 0 Å². The van der Waals surface area contributed by atoms with Crippen molar-refractivity contribution in [2.45, 2.75) is 6.42 Å². The summed E-state index contributed by atoms with van der Waals surface area (Å²) in [6.45, 7) is 0. The molecular formula is C7H9ClN2O2. The molecule has 0 saturated carbocycles. The van der Waals surface area contributed by atoms with Crippen molar-refractivity contribution in [3.8, 4) is 0 Å². The molecule has 0 aliphatic carbocycles. The normalized spacial score (nSPS) is 8.67. The highest BCUT2D eigenvalue weighted by atomic mass is 35.5. The summed E-state index contributed by atoms with van der Waals surface area (Å²) < 4.78 is 0. The molecule has 0 aliphatic heterocycles. The van der Waals surface area contributed by atoms with Gasteiger partial charge in [-0.1, -0.05) is 6.07 Å². The molecule has 0 unspecified atom stereocenters. The number of nitrogens with two attached hydrogens (primary N) is 1. The quantitative estimate of drug-likeness (QED) is 0.717. The molecule has 0 aromatic carbocycles. The summed E-state index contributed by atoms with van der Waals surface area (Å²) in [4.78, 5) is 14.0. The molecule has 4 nitrogen and oxygen atoms in total. The second-order valence-electron chi connectivity index (χ2n) is 2.12. The minimum Gasteiger partial charge on any atom is -0.481 e. The predicted molar refractivity (Wildman–Crippen MR) is 47.2 cm³/mol. The van der Waals surface area contributed by atoms with Crippen LogP contribution in [-0.2, 0) is 11.2 Å². The zero-order valence-electron chi connectivity index (χ0n) is 6.23. The first-order chi connectivity index (χ1) is 5.18. The number of carbonyl (C=O) groups is 1. The molecule has 0 amide bonds. The SMILES string of the molecule is Cl.Nc1cccc(CC(=O)O)n1. The van der Waals surface area contributed by atoms with Crippen molar-refractivity contribution in [1.82, 2.24) is 4.98 Å². The lowest BCUT2D eigenvalue weighted by molar-refractivity contribution is -0.136. The van der Waals surface area contributed by atoms with Crippen LogP contribution in [0.5, 0.6) is 0 Å². The van der Waals surface area contributed by atoms with Gasteiger partial charge in [0.1, 0.15) is 5.82 Å². The highest BCUT2D eigenvalue weighted by Gasteiger charge is 2.00. The molecule has 66 valence electrons. The van der Waals surface area contributed by atoms with Crippen molar-refractivity contribution < 1.29 is 9.90 Å². The van der Waals surface area contributed by atoms with E-state index in [1.165, 1.54) is 0 Å². The van der Waals surface area contributed by atoms with Crippen molar-refractivity contribution in [3.05, 3.63) is 23.9 Å². The van der Waals surface area contributed by atoms with Gasteiger partial charge in [-0.15, -0.1) is 12.4 Å². The molecule has 0 saturated heterocycles. The number of halogens is 1. The average Bonchev–Trinajstić information content (AvgIpc) is 1.85. The summed E-state index contributed by atoms with van der Waals surface area (Å²) in [5.41, 5.74) is 5.81. The molecule has 1 rings (SSSR count). The number of rotatable bonds is 2. The third kappa shape index (κ3) is 3.21. The third-order valence-electron chi connectivity index (χ3n) is 1.16. The molecule has 0 radical (unpaired) electrons. The maximum absolute atomic E-state index is 10.2. The van der Waals surface area contributed by atoms with Gasteiger partial charge in [0.2, 0.25) is 0 Å². The first kappa shape index (κ1) is 10.7. The van der Waals surface area contributed by atoms with Gasteiger partial charge in [0.25, 0.3) is 0 Å². The number of hydrogen-bond acceptors (Lipinski definition) is 3. The lowest BCUT2D eigenvalue weighted by Crippen LogP contribution is -2.03. The predicted octanol–water partition coefficient (Wildman–Crippen LogP) is 0.713. The van der Waals surface area contributed by atoms with Gasteiger partial charge >= 0.3 is 5.97 Å². The van der Waals surface area contributed by atoms with Crippen molar-refractivity contribution in [2.24, 2.45) is 0 Å². The lowest BCUT2D eigenvalue weighted by Gasteiger charge is -1.95. The topological polar surface area (TPSA) is 76.2 Å². The summed E-state index contributed by atoms with van der Waals surface area (Å²) >= 11 is 0. The number of anilines is 1. The Hall–Kier alpha value is -1.29. The number of aliphatic carboxylic acids is 1. The smallest absolute Gasteiger partial charge is 0.309 e. The monoisotopic (exact) mass is 188 g/mol. The number of aromatic nitrogens is 1. The lowest BCUT2D eigenvalue weighted by atomic mass is 10.3. The molecule has 0 atom stereocenters. The van der Waals surface area contributed by atoms with E-state index in [1.54, 1.807) is 18.2 Å². The van der Waals surface area contributed by atoms with E-state index in [1.807, 2.05) is 0 Å². The first-order valence-electron chi connectivity index (χ1n) is 3.11. The highest BCUT2D eigenvalue weighted by Crippen LogP contribution is 2.00. The van der Waals surface area contributed by atoms with E-state index in [4.69, 9.17) is 10.8 Å². The van der Waals surface area contributed by atoms with Gasteiger partial charge in [-0.05, 0) is 12.1 Å². The van der Waals surface area contributed by atoms with Gasteiger partial charge in [-0.25, -0.2) is 4.98 Å². The van der Waals surface area contributed by atoms with Crippen LogP contribution in [0.4, 0.5) is 5.82 Å². The van der Waals surface area contributed by atoms with Gasteiger partial charge in [0.15, 0.2) is 0 Å². The fourth-order valence-corrected chi connectivity index (χ4v) is 0.752.